The van der Waals surface area contributed by atoms with Crippen LogP contribution in [0.1, 0.15) is 31.9 Å². The van der Waals surface area contributed by atoms with Gasteiger partial charge >= 0.3 is 0 Å². The molecule has 4 nitrogen and oxygen atoms in total. The SMILES string of the molecule is COc1cc(Br)c(COc2ccc(CCO[Si](C)(C)C(C)(C)C)cc2)cc1OC. The Morgan fingerprint density at radius 2 is 1.52 bits per heavy atom. The van der Waals surface area contributed by atoms with Crippen molar-refractivity contribution in [2.24, 2.45) is 0 Å². The summed E-state index contributed by atoms with van der Waals surface area (Å²) in [6, 6.07) is 12.0. The van der Waals surface area contributed by atoms with Crippen molar-refractivity contribution in [2.45, 2.75) is 51.9 Å². The second-order valence-corrected chi connectivity index (χ2v) is 14.3. The number of methoxy groups -OCH3 is 2. The molecule has 0 spiro atoms. The van der Waals surface area contributed by atoms with Crippen molar-refractivity contribution in [1.82, 2.24) is 0 Å². The summed E-state index contributed by atoms with van der Waals surface area (Å²) in [5.41, 5.74) is 2.25. The predicted molar refractivity (Wildman–Crippen MR) is 125 cm³/mol. The summed E-state index contributed by atoms with van der Waals surface area (Å²) in [5, 5.41) is 0.239. The Morgan fingerprint density at radius 1 is 0.931 bits per heavy atom. The van der Waals surface area contributed by atoms with Gasteiger partial charge < -0.3 is 18.6 Å². The molecule has 6 heteroatoms. The summed E-state index contributed by atoms with van der Waals surface area (Å²) in [4.78, 5) is 0. The Bertz CT molecular complexity index is 798. The lowest BCUT2D eigenvalue weighted by atomic mass is 10.1. The highest BCUT2D eigenvalue weighted by Crippen LogP contribution is 2.36. The molecule has 0 saturated heterocycles. The average molecular weight is 482 g/mol. The molecule has 0 heterocycles. The van der Waals surface area contributed by atoms with Crippen LogP contribution in [0.4, 0.5) is 0 Å². The quantitative estimate of drug-likeness (QED) is 0.378. The molecule has 0 fully saturated rings. The van der Waals surface area contributed by atoms with E-state index in [2.05, 4.69) is 61.9 Å². The minimum Gasteiger partial charge on any atom is -0.493 e. The van der Waals surface area contributed by atoms with Crippen molar-refractivity contribution in [1.29, 1.82) is 0 Å². The Labute approximate surface area is 184 Å². The molecule has 2 rings (SSSR count). The summed E-state index contributed by atoms with van der Waals surface area (Å²) in [6.07, 6.45) is 0.911. The van der Waals surface area contributed by atoms with Crippen LogP contribution in [0.2, 0.25) is 18.1 Å². The van der Waals surface area contributed by atoms with E-state index in [-0.39, 0.29) is 5.04 Å². The molecular formula is C23H33BrO4Si. The van der Waals surface area contributed by atoms with Crippen LogP contribution in [-0.4, -0.2) is 29.1 Å². The zero-order chi connectivity index (χ0) is 21.7. The van der Waals surface area contributed by atoms with Crippen molar-refractivity contribution in [3.63, 3.8) is 0 Å². The van der Waals surface area contributed by atoms with E-state index >= 15 is 0 Å². The van der Waals surface area contributed by atoms with Gasteiger partial charge in [-0.3, -0.25) is 0 Å². The monoisotopic (exact) mass is 480 g/mol. The molecule has 0 aliphatic carbocycles. The molecule has 0 aliphatic rings. The Balaban J connectivity index is 1.91. The number of hydrogen-bond acceptors (Lipinski definition) is 4. The van der Waals surface area contributed by atoms with Crippen LogP contribution < -0.4 is 14.2 Å². The molecule has 160 valence electrons. The van der Waals surface area contributed by atoms with E-state index in [0.717, 1.165) is 28.8 Å². The lowest BCUT2D eigenvalue weighted by Gasteiger charge is -2.36. The van der Waals surface area contributed by atoms with E-state index in [0.29, 0.717) is 18.1 Å². The van der Waals surface area contributed by atoms with Gasteiger partial charge in [-0.25, -0.2) is 0 Å². The number of halogens is 1. The first kappa shape index (κ1) is 23.8. The van der Waals surface area contributed by atoms with Gasteiger partial charge in [-0.1, -0.05) is 48.8 Å². The predicted octanol–water partition coefficient (Wildman–Crippen LogP) is 6.61. The van der Waals surface area contributed by atoms with Crippen LogP contribution in [0.15, 0.2) is 40.9 Å². The number of rotatable bonds is 9. The van der Waals surface area contributed by atoms with Gasteiger partial charge in [0.25, 0.3) is 0 Å². The van der Waals surface area contributed by atoms with Crippen LogP contribution >= 0.6 is 15.9 Å². The van der Waals surface area contributed by atoms with Crippen LogP contribution in [0, 0.1) is 0 Å². The lowest BCUT2D eigenvalue weighted by molar-refractivity contribution is 0.291. The Kier molecular flexibility index (Phi) is 8.20. The maximum atomic E-state index is 6.27. The summed E-state index contributed by atoms with van der Waals surface area (Å²) >= 11 is 3.57. The Hall–Kier alpha value is -1.50. The lowest BCUT2D eigenvalue weighted by Crippen LogP contribution is -2.41. The summed E-state index contributed by atoms with van der Waals surface area (Å²) < 4.78 is 23.8. The smallest absolute Gasteiger partial charge is 0.191 e. The molecule has 0 bridgehead atoms. The van der Waals surface area contributed by atoms with Gasteiger partial charge in [0.1, 0.15) is 12.4 Å². The second kappa shape index (κ2) is 10.0. The van der Waals surface area contributed by atoms with E-state index < -0.39 is 8.32 Å². The van der Waals surface area contributed by atoms with Crippen LogP contribution in [0.25, 0.3) is 0 Å². The molecule has 0 radical (unpaired) electrons. The molecule has 0 aromatic heterocycles. The number of ether oxygens (including phenoxy) is 3. The van der Waals surface area contributed by atoms with E-state index in [1.54, 1.807) is 14.2 Å². The normalized spacial score (nSPS) is 12.0. The van der Waals surface area contributed by atoms with Gasteiger partial charge in [0, 0.05) is 16.6 Å². The molecular weight excluding hydrogens is 448 g/mol. The fraction of sp³-hybridized carbons (Fsp3) is 0.478. The first-order valence-corrected chi connectivity index (χ1v) is 13.5. The fourth-order valence-electron chi connectivity index (χ4n) is 2.56. The molecule has 0 saturated carbocycles. The van der Waals surface area contributed by atoms with Crippen molar-refractivity contribution >= 4 is 24.2 Å². The van der Waals surface area contributed by atoms with Gasteiger partial charge in [-0.15, -0.1) is 0 Å². The van der Waals surface area contributed by atoms with Gasteiger partial charge in [0.2, 0.25) is 0 Å². The first-order chi connectivity index (χ1) is 13.6. The molecule has 0 aliphatic heterocycles. The zero-order valence-corrected chi connectivity index (χ0v) is 21.2. The van der Waals surface area contributed by atoms with Crippen LogP contribution in [0.5, 0.6) is 17.2 Å². The maximum Gasteiger partial charge on any atom is 0.191 e. The maximum absolute atomic E-state index is 6.27. The second-order valence-electron chi connectivity index (χ2n) is 8.59. The molecule has 29 heavy (non-hydrogen) atoms. The summed E-state index contributed by atoms with van der Waals surface area (Å²) in [5.74, 6) is 2.21. The minimum absolute atomic E-state index is 0.239. The average Bonchev–Trinajstić information content (AvgIpc) is 2.66. The van der Waals surface area contributed by atoms with Crippen molar-refractivity contribution in [3.05, 3.63) is 52.0 Å². The highest BCUT2D eigenvalue weighted by atomic mass is 79.9. The molecule has 0 amide bonds. The van der Waals surface area contributed by atoms with Crippen LogP contribution in [-0.2, 0) is 17.5 Å². The van der Waals surface area contributed by atoms with Crippen molar-refractivity contribution < 1.29 is 18.6 Å². The van der Waals surface area contributed by atoms with Gasteiger partial charge in [-0.05, 0) is 54.4 Å². The molecule has 2 aromatic rings. The third-order valence-electron chi connectivity index (χ3n) is 5.53. The van der Waals surface area contributed by atoms with Gasteiger partial charge in [-0.2, -0.15) is 0 Å². The van der Waals surface area contributed by atoms with Crippen molar-refractivity contribution in [3.8, 4) is 17.2 Å². The minimum atomic E-state index is -1.69. The third-order valence-corrected chi connectivity index (χ3v) is 10.8. The van der Waals surface area contributed by atoms with E-state index in [4.69, 9.17) is 18.6 Å². The van der Waals surface area contributed by atoms with E-state index in [9.17, 15) is 0 Å². The molecule has 2 aromatic carbocycles. The van der Waals surface area contributed by atoms with Crippen LogP contribution in [0.3, 0.4) is 0 Å². The van der Waals surface area contributed by atoms with E-state index in [1.165, 1.54) is 5.56 Å². The highest BCUT2D eigenvalue weighted by molar-refractivity contribution is 9.10. The fourth-order valence-corrected chi connectivity index (χ4v) is 4.04. The third kappa shape index (κ3) is 6.49. The van der Waals surface area contributed by atoms with Gasteiger partial charge in [0.05, 0.1) is 14.2 Å². The standard InChI is InChI=1S/C23H33BrO4Si/c1-23(2,3)29(6,7)28-13-12-17-8-10-19(11-9-17)27-16-18-14-21(25-4)22(26-5)15-20(18)24/h8-11,14-15H,12-13,16H2,1-7H3. The molecule has 0 atom stereocenters. The Morgan fingerprint density at radius 3 is 2.07 bits per heavy atom. The zero-order valence-electron chi connectivity index (χ0n) is 18.6. The molecule has 0 N–H and O–H groups in total. The van der Waals surface area contributed by atoms with E-state index in [1.807, 2.05) is 24.3 Å². The largest absolute Gasteiger partial charge is 0.493 e. The number of benzene rings is 2. The van der Waals surface area contributed by atoms with Gasteiger partial charge in [0.15, 0.2) is 19.8 Å². The summed E-state index contributed by atoms with van der Waals surface area (Å²) in [6.45, 7) is 12.6. The number of hydrogen-bond donors (Lipinski definition) is 0. The first-order valence-electron chi connectivity index (χ1n) is 9.83. The van der Waals surface area contributed by atoms with Crippen molar-refractivity contribution in [2.75, 3.05) is 20.8 Å². The highest BCUT2D eigenvalue weighted by Gasteiger charge is 2.36. The summed E-state index contributed by atoms with van der Waals surface area (Å²) in [7, 11) is 1.56. The topological polar surface area (TPSA) is 36.9 Å². The molecule has 0 unspecified atom stereocenters.